The summed E-state index contributed by atoms with van der Waals surface area (Å²) < 4.78 is 5.56. The van der Waals surface area contributed by atoms with Crippen molar-refractivity contribution < 1.29 is 9.84 Å². The van der Waals surface area contributed by atoms with Crippen LogP contribution in [-0.4, -0.2) is 23.9 Å². The van der Waals surface area contributed by atoms with Crippen LogP contribution in [0.15, 0.2) is 18.2 Å². The van der Waals surface area contributed by atoms with Gasteiger partial charge in [0.25, 0.3) is 0 Å². The van der Waals surface area contributed by atoms with E-state index in [0.29, 0.717) is 12.6 Å². The van der Waals surface area contributed by atoms with Gasteiger partial charge in [-0.3, -0.25) is 0 Å². The molecule has 0 spiro atoms. The lowest BCUT2D eigenvalue weighted by atomic mass is 9.95. The molecule has 1 unspecified atom stereocenters. The van der Waals surface area contributed by atoms with Gasteiger partial charge in [0.1, 0.15) is 5.75 Å². The predicted octanol–water partition coefficient (Wildman–Crippen LogP) is 3.21. The summed E-state index contributed by atoms with van der Waals surface area (Å²) >= 11 is 0. The van der Waals surface area contributed by atoms with Crippen LogP contribution in [0, 0.1) is 0 Å². The molecule has 0 saturated carbocycles. The van der Waals surface area contributed by atoms with Crippen LogP contribution in [0.25, 0.3) is 0 Å². The van der Waals surface area contributed by atoms with E-state index in [1.807, 2.05) is 13.8 Å². The molecule has 3 nitrogen and oxygen atoms in total. The number of ether oxygens (including phenoxy) is 1. The van der Waals surface area contributed by atoms with Crippen molar-refractivity contribution in [2.75, 3.05) is 13.2 Å². The second-order valence-corrected chi connectivity index (χ2v) is 5.74. The van der Waals surface area contributed by atoms with E-state index in [0.717, 1.165) is 38.0 Å². The highest BCUT2D eigenvalue weighted by Crippen LogP contribution is 2.29. The zero-order valence-electron chi connectivity index (χ0n) is 12.9. The van der Waals surface area contributed by atoms with Gasteiger partial charge in [-0.1, -0.05) is 32.9 Å². The molecule has 0 amide bonds. The Balaban J connectivity index is 2.05. The van der Waals surface area contributed by atoms with Crippen LogP contribution in [0.2, 0.25) is 0 Å². The molecule has 0 bridgehead atoms. The molecule has 2 rings (SSSR count). The fraction of sp³-hybridized carbons (Fsp3) is 0.647. The molecular formula is C17H27NO2. The Morgan fingerprint density at radius 3 is 2.70 bits per heavy atom. The largest absolute Gasteiger partial charge is 0.493 e. The molecule has 1 atom stereocenters. The summed E-state index contributed by atoms with van der Waals surface area (Å²) in [7, 11) is 0. The van der Waals surface area contributed by atoms with Crippen LogP contribution < -0.4 is 10.1 Å². The van der Waals surface area contributed by atoms with Crippen molar-refractivity contribution in [3.63, 3.8) is 0 Å². The Morgan fingerprint density at radius 1 is 1.30 bits per heavy atom. The molecule has 0 fully saturated rings. The van der Waals surface area contributed by atoms with E-state index in [-0.39, 0.29) is 0 Å². The van der Waals surface area contributed by atoms with E-state index in [1.165, 1.54) is 11.1 Å². The van der Waals surface area contributed by atoms with Crippen LogP contribution in [0.3, 0.4) is 0 Å². The zero-order chi connectivity index (χ0) is 14.6. The normalized spacial score (nSPS) is 15.8. The molecule has 0 aliphatic carbocycles. The molecule has 112 valence electrons. The molecule has 1 aromatic rings. The van der Waals surface area contributed by atoms with E-state index < -0.39 is 5.60 Å². The van der Waals surface area contributed by atoms with Gasteiger partial charge in [0.05, 0.1) is 12.2 Å². The third kappa shape index (κ3) is 3.33. The van der Waals surface area contributed by atoms with Crippen molar-refractivity contribution in [2.45, 2.75) is 58.1 Å². The lowest BCUT2D eigenvalue weighted by molar-refractivity contribution is 0.0297. The zero-order valence-corrected chi connectivity index (χ0v) is 12.9. The fourth-order valence-corrected chi connectivity index (χ4v) is 2.73. The summed E-state index contributed by atoms with van der Waals surface area (Å²) in [5.74, 6) is 1.03. The molecular weight excluding hydrogens is 250 g/mol. The van der Waals surface area contributed by atoms with E-state index in [1.54, 1.807) is 0 Å². The maximum absolute atomic E-state index is 10.4. The highest BCUT2D eigenvalue weighted by molar-refractivity contribution is 5.40. The smallest absolute Gasteiger partial charge is 0.122 e. The van der Waals surface area contributed by atoms with Crippen LogP contribution in [0.5, 0.6) is 5.75 Å². The summed E-state index contributed by atoms with van der Waals surface area (Å²) in [5, 5.41) is 13.9. The van der Waals surface area contributed by atoms with Gasteiger partial charge >= 0.3 is 0 Å². The van der Waals surface area contributed by atoms with E-state index in [4.69, 9.17) is 4.74 Å². The first kappa shape index (κ1) is 15.3. The van der Waals surface area contributed by atoms with Crippen molar-refractivity contribution in [3.05, 3.63) is 29.3 Å². The molecule has 0 saturated heterocycles. The fourth-order valence-electron chi connectivity index (χ4n) is 2.73. The number of benzene rings is 1. The molecule has 1 aliphatic heterocycles. The van der Waals surface area contributed by atoms with Gasteiger partial charge in [-0.15, -0.1) is 0 Å². The topological polar surface area (TPSA) is 41.5 Å². The molecule has 0 aromatic heterocycles. The van der Waals surface area contributed by atoms with E-state index >= 15 is 0 Å². The Bertz CT molecular complexity index is 441. The molecule has 1 aromatic carbocycles. The quantitative estimate of drug-likeness (QED) is 0.804. The van der Waals surface area contributed by atoms with Crippen molar-refractivity contribution in [3.8, 4) is 5.75 Å². The molecule has 20 heavy (non-hydrogen) atoms. The second-order valence-electron chi connectivity index (χ2n) is 5.74. The highest BCUT2D eigenvalue weighted by Gasteiger charge is 2.24. The average molecular weight is 277 g/mol. The first-order chi connectivity index (χ1) is 9.61. The number of fused-ring (bicyclic) bond motifs is 1. The Kier molecular flexibility index (Phi) is 5.06. The minimum atomic E-state index is -0.590. The standard InChI is InChI=1S/C17H27NO2/c1-4-15(18-12-17(19,5-2)6-3)13-7-8-16-14(11-13)9-10-20-16/h7-8,11,15,18-19H,4-6,9-10,12H2,1-3H3. The number of aliphatic hydroxyl groups is 1. The lowest BCUT2D eigenvalue weighted by Crippen LogP contribution is -2.40. The first-order valence-corrected chi connectivity index (χ1v) is 7.83. The average Bonchev–Trinajstić information content (AvgIpc) is 2.95. The SMILES string of the molecule is CCC(NCC(O)(CC)CC)c1ccc2c(c1)CCO2. The summed E-state index contributed by atoms with van der Waals surface area (Å²) in [5.41, 5.74) is 2.02. The summed E-state index contributed by atoms with van der Waals surface area (Å²) in [4.78, 5) is 0. The Hall–Kier alpha value is -1.06. The Labute approximate surface area is 122 Å². The monoisotopic (exact) mass is 277 g/mol. The number of nitrogens with one attached hydrogen (secondary N) is 1. The molecule has 1 heterocycles. The molecule has 2 N–H and O–H groups in total. The van der Waals surface area contributed by atoms with Crippen molar-refractivity contribution in [1.29, 1.82) is 0 Å². The number of hydrogen-bond donors (Lipinski definition) is 2. The van der Waals surface area contributed by atoms with Gasteiger partial charge in [0, 0.05) is 19.0 Å². The maximum Gasteiger partial charge on any atom is 0.122 e. The van der Waals surface area contributed by atoms with Crippen molar-refractivity contribution in [1.82, 2.24) is 5.32 Å². The number of rotatable bonds is 7. The minimum absolute atomic E-state index is 0.297. The van der Waals surface area contributed by atoms with Crippen LogP contribution in [-0.2, 0) is 6.42 Å². The van der Waals surface area contributed by atoms with Gasteiger partial charge < -0.3 is 15.2 Å². The van der Waals surface area contributed by atoms with Crippen molar-refractivity contribution in [2.24, 2.45) is 0 Å². The van der Waals surface area contributed by atoms with Crippen LogP contribution in [0.4, 0.5) is 0 Å². The van der Waals surface area contributed by atoms with Crippen LogP contribution in [0.1, 0.15) is 57.2 Å². The van der Waals surface area contributed by atoms with Gasteiger partial charge in [-0.05, 0) is 36.5 Å². The second kappa shape index (κ2) is 6.59. The predicted molar refractivity (Wildman–Crippen MR) is 82.2 cm³/mol. The number of hydrogen-bond acceptors (Lipinski definition) is 3. The Morgan fingerprint density at radius 2 is 2.05 bits per heavy atom. The first-order valence-electron chi connectivity index (χ1n) is 7.83. The summed E-state index contributed by atoms with van der Waals surface area (Å²) in [6.45, 7) is 7.70. The van der Waals surface area contributed by atoms with Gasteiger partial charge in [-0.2, -0.15) is 0 Å². The highest BCUT2D eigenvalue weighted by atomic mass is 16.5. The summed E-state index contributed by atoms with van der Waals surface area (Å²) in [6.07, 6.45) is 3.59. The molecule has 1 aliphatic rings. The van der Waals surface area contributed by atoms with Crippen LogP contribution >= 0.6 is 0 Å². The minimum Gasteiger partial charge on any atom is -0.493 e. The van der Waals surface area contributed by atoms with Gasteiger partial charge in [0.15, 0.2) is 0 Å². The molecule has 3 heteroatoms. The third-order valence-corrected chi connectivity index (χ3v) is 4.52. The van der Waals surface area contributed by atoms with Gasteiger partial charge in [-0.25, -0.2) is 0 Å². The van der Waals surface area contributed by atoms with E-state index in [2.05, 4.69) is 30.4 Å². The molecule has 0 radical (unpaired) electrons. The van der Waals surface area contributed by atoms with Gasteiger partial charge in [0.2, 0.25) is 0 Å². The third-order valence-electron chi connectivity index (χ3n) is 4.52. The van der Waals surface area contributed by atoms with E-state index in [9.17, 15) is 5.11 Å². The summed E-state index contributed by atoms with van der Waals surface area (Å²) in [6, 6.07) is 6.77. The maximum atomic E-state index is 10.4. The van der Waals surface area contributed by atoms with Crippen molar-refractivity contribution >= 4 is 0 Å². The lowest BCUT2D eigenvalue weighted by Gasteiger charge is -2.28.